The maximum atomic E-state index is 3.80. The fraction of sp³-hybridized carbons (Fsp3) is 0. The van der Waals surface area contributed by atoms with E-state index in [1.807, 2.05) is 42.6 Å². The fourth-order valence-corrected chi connectivity index (χ4v) is 1.93. The van der Waals surface area contributed by atoms with Gasteiger partial charge in [-0.05, 0) is 21.6 Å². The Morgan fingerprint density at radius 3 is 2.00 bits per heavy atom. The minimum Gasteiger partial charge on any atom is -0.329 e. The smallest absolute Gasteiger partial charge is 0.244 e. The van der Waals surface area contributed by atoms with Crippen molar-refractivity contribution in [2.75, 3.05) is 5.32 Å². The second-order valence-electron chi connectivity index (χ2n) is 4.18. The first-order chi connectivity index (χ1) is 9.93. The van der Waals surface area contributed by atoms with Gasteiger partial charge in [-0.1, -0.05) is 65.8 Å². The second-order valence-corrected chi connectivity index (χ2v) is 4.18. The zero-order chi connectivity index (χ0) is 13.6. The van der Waals surface area contributed by atoms with E-state index in [0.29, 0.717) is 5.95 Å². The zero-order valence-electron chi connectivity index (χ0n) is 10.7. The Hall–Kier alpha value is -2.95. The Labute approximate surface area is 116 Å². The lowest BCUT2D eigenvalue weighted by Crippen LogP contribution is -1.95. The standard InChI is InChI=1S/C15H13N5/c1-3-7-12(8-4-1)14(13-9-5-2-6-10-13)11-16-15-17-19-20-18-15/h1-11H,(H2,16,17,18,19,20). The zero-order valence-corrected chi connectivity index (χ0v) is 10.7. The SMILES string of the molecule is C(Nc1nnn[nH]1)=C(c1ccccc1)c1ccccc1. The quantitative estimate of drug-likeness (QED) is 0.759. The fourth-order valence-electron chi connectivity index (χ4n) is 1.93. The molecule has 3 rings (SSSR count). The Morgan fingerprint density at radius 2 is 1.50 bits per heavy atom. The highest BCUT2D eigenvalue weighted by Gasteiger charge is 2.04. The summed E-state index contributed by atoms with van der Waals surface area (Å²) in [6.45, 7) is 0. The third-order valence-corrected chi connectivity index (χ3v) is 2.87. The highest BCUT2D eigenvalue weighted by molar-refractivity contribution is 5.80. The number of H-pyrrole nitrogens is 1. The average molecular weight is 263 g/mol. The van der Waals surface area contributed by atoms with Gasteiger partial charge in [0.2, 0.25) is 5.95 Å². The summed E-state index contributed by atoms with van der Waals surface area (Å²) in [6.07, 6.45) is 1.90. The molecule has 1 aromatic heterocycles. The topological polar surface area (TPSA) is 66.5 Å². The van der Waals surface area contributed by atoms with Crippen molar-refractivity contribution in [1.29, 1.82) is 0 Å². The van der Waals surface area contributed by atoms with Crippen molar-refractivity contribution in [3.63, 3.8) is 0 Å². The number of rotatable bonds is 4. The summed E-state index contributed by atoms with van der Waals surface area (Å²) in [5.41, 5.74) is 3.32. The summed E-state index contributed by atoms with van der Waals surface area (Å²) < 4.78 is 0. The van der Waals surface area contributed by atoms with E-state index < -0.39 is 0 Å². The van der Waals surface area contributed by atoms with Gasteiger partial charge in [-0.2, -0.15) is 0 Å². The van der Waals surface area contributed by atoms with E-state index in [1.165, 1.54) is 0 Å². The van der Waals surface area contributed by atoms with Crippen LogP contribution >= 0.6 is 0 Å². The molecule has 0 aliphatic carbocycles. The summed E-state index contributed by atoms with van der Waals surface area (Å²) in [7, 11) is 0. The summed E-state index contributed by atoms with van der Waals surface area (Å²) >= 11 is 0. The highest BCUT2D eigenvalue weighted by atomic mass is 15.5. The third kappa shape index (κ3) is 2.72. The number of nitrogens with zero attached hydrogens (tertiary/aromatic N) is 3. The van der Waals surface area contributed by atoms with Crippen molar-refractivity contribution >= 4 is 11.5 Å². The number of aromatic nitrogens is 4. The van der Waals surface area contributed by atoms with E-state index in [2.05, 4.69) is 50.2 Å². The Bertz CT molecular complexity index is 633. The van der Waals surface area contributed by atoms with Crippen molar-refractivity contribution in [1.82, 2.24) is 20.6 Å². The van der Waals surface area contributed by atoms with Gasteiger partial charge >= 0.3 is 0 Å². The third-order valence-electron chi connectivity index (χ3n) is 2.87. The summed E-state index contributed by atoms with van der Waals surface area (Å²) in [5.74, 6) is 0.509. The molecular formula is C15H13N5. The van der Waals surface area contributed by atoms with Crippen LogP contribution in [0.25, 0.3) is 5.57 Å². The maximum Gasteiger partial charge on any atom is 0.244 e. The van der Waals surface area contributed by atoms with Crippen LogP contribution in [-0.4, -0.2) is 20.6 Å². The largest absolute Gasteiger partial charge is 0.329 e. The molecule has 20 heavy (non-hydrogen) atoms. The predicted octanol–water partition coefficient (Wildman–Crippen LogP) is 2.70. The lowest BCUT2D eigenvalue weighted by molar-refractivity contribution is 0.881. The molecule has 0 bridgehead atoms. The van der Waals surface area contributed by atoms with Gasteiger partial charge in [0.15, 0.2) is 0 Å². The number of tetrazole rings is 1. The van der Waals surface area contributed by atoms with Gasteiger partial charge in [0.25, 0.3) is 0 Å². The molecular weight excluding hydrogens is 250 g/mol. The summed E-state index contributed by atoms with van der Waals surface area (Å²) in [5, 5.41) is 16.6. The molecule has 0 saturated heterocycles. The monoisotopic (exact) mass is 263 g/mol. The number of hydrogen-bond acceptors (Lipinski definition) is 4. The molecule has 0 radical (unpaired) electrons. The van der Waals surface area contributed by atoms with Crippen molar-refractivity contribution in [2.24, 2.45) is 0 Å². The van der Waals surface area contributed by atoms with Gasteiger partial charge in [-0.25, -0.2) is 5.10 Å². The van der Waals surface area contributed by atoms with E-state index in [0.717, 1.165) is 16.7 Å². The van der Waals surface area contributed by atoms with Crippen LogP contribution in [0.3, 0.4) is 0 Å². The predicted molar refractivity (Wildman–Crippen MR) is 77.8 cm³/mol. The number of anilines is 1. The van der Waals surface area contributed by atoms with Gasteiger partial charge in [-0.15, -0.1) is 0 Å². The number of benzene rings is 2. The van der Waals surface area contributed by atoms with E-state index in [4.69, 9.17) is 0 Å². The lowest BCUT2D eigenvalue weighted by Gasteiger charge is -2.08. The normalized spacial score (nSPS) is 10.0. The van der Waals surface area contributed by atoms with Crippen molar-refractivity contribution in [3.8, 4) is 0 Å². The van der Waals surface area contributed by atoms with Crippen LogP contribution in [0.15, 0.2) is 66.9 Å². The molecule has 0 fully saturated rings. The van der Waals surface area contributed by atoms with Crippen LogP contribution in [0.2, 0.25) is 0 Å². The number of nitrogens with one attached hydrogen (secondary N) is 2. The molecule has 3 aromatic rings. The minimum absolute atomic E-state index is 0.509. The van der Waals surface area contributed by atoms with Gasteiger partial charge in [0, 0.05) is 11.8 Å². The van der Waals surface area contributed by atoms with Crippen molar-refractivity contribution in [2.45, 2.75) is 0 Å². The number of hydrogen-bond donors (Lipinski definition) is 2. The first-order valence-electron chi connectivity index (χ1n) is 6.25. The number of aromatic amines is 1. The molecule has 0 atom stereocenters. The van der Waals surface area contributed by atoms with Crippen molar-refractivity contribution < 1.29 is 0 Å². The van der Waals surface area contributed by atoms with Gasteiger partial charge in [0.1, 0.15) is 0 Å². The van der Waals surface area contributed by atoms with E-state index in [9.17, 15) is 0 Å². The van der Waals surface area contributed by atoms with Crippen molar-refractivity contribution in [3.05, 3.63) is 78.0 Å². The first kappa shape index (κ1) is 12.1. The lowest BCUT2D eigenvalue weighted by atomic mass is 9.99. The maximum absolute atomic E-state index is 3.80. The average Bonchev–Trinajstić information content (AvgIpc) is 3.03. The minimum atomic E-state index is 0.509. The highest BCUT2D eigenvalue weighted by Crippen LogP contribution is 2.22. The summed E-state index contributed by atoms with van der Waals surface area (Å²) in [6, 6.07) is 20.3. The molecule has 5 nitrogen and oxygen atoms in total. The second kappa shape index (κ2) is 5.79. The molecule has 0 saturated carbocycles. The molecule has 0 aliphatic rings. The first-order valence-corrected chi connectivity index (χ1v) is 6.25. The molecule has 2 aromatic carbocycles. The van der Waals surface area contributed by atoms with Crippen LogP contribution in [0.5, 0.6) is 0 Å². The molecule has 1 heterocycles. The van der Waals surface area contributed by atoms with Crippen LogP contribution < -0.4 is 5.32 Å². The molecule has 0 amide bonds. The van der Waals surface area contributed by atoms with E-state index in [-0.39, 0.29) is 0 Å². The molecule has 0 spiro atoms. The molecule has 0 aliphatic heterocycles. The summed E-state index contributed by atoms with van der Waals surface area (Å²) in [4.78, 5) is 0. The van der Waals surface area contributed by atoms with Crippen LogP contribution in [0, 0.1) is 0 Å². The molecule has 98 valence electrons. The van der Waals surface area contributed by atoms with Gasteiger partial charge < -0.3 is 5.32 Å². The van der Waals surface area contributed by atoms with Gasteiger partial charge in [0.05, 0.1) is 0 Å². The van der Waals surface area contributed by atoms with Crippen LogP contribution in [0.4, 0.5) is 5.95 Å². The van der Waals surface area contributed by atoms with E-state index >= 15 is 0 Å². The molecule has 5 heteroatoms. The Morgan fingerprint density at radius 1 is 0.900 bits per heavy atom. The van der Waals surface area contributed by atoms with Gasteiger partial charge in [-0.3, -0.25) is 0 Å². The van der Waals surface area contributed by atoms with Crippen LogP contribution in [0.1, 0.15) is 11.1 Å². The van der Waals surface area contributed by atoms with Crippen LogP contribution in [-0.2, 0) is 0 Å². The molecule has 2 N–H and O–H groups in total. The van der Waals surface area contributed by atoms with E-state index in [1.54, 1.807) is 0 Å². The Balaban J connectivity index is 1.98. The Kier molecular flexibility index (Phi) is 3.51. The molecule has 0 unspecified atom stereocenters.